The monoisotopic (exact) mass is 448 g/mol. The second-order valence-electron chi connectivity index (χ2n) is 12.2. The zero-order chi connectivity index (χ0) is 22.9. The molecule has 3 aliphatic rings. The fourth-order valence-corrected chi connectivity index (χ4v) is 5.96. The highest BCUT2D eigenvalue weighted by atomic mass is 16.7. The molecule has 186 valence electrons. The van der Waals surface area contributed by atoms with E-state index in [4.69, 9.17) is 14.0 Å². The van der Waals surface area contributed by atoms with Gasteiger partial charge in [0.15, 0.2) is 0 Å². The van der Waals surface area contributed by atoms with Crippen molar-refractivity contribution in [2.45, 2.75) is 166 Å². The molecule has 2 saturated carbocycles. The molecule has 0 aromatic carbocycles. The zero-order valence-corrected chi connectivity index (χ0v) is 22.0. The molecule has 0 aromatic heterocycles. The van der Waals surface area contributed by atoms with Crippen molar-refractivity contribution >= 4 is 7.12 Å². The predicted molar refractivity (Wildman–Crippen MR) is 136 cm³/mol. The minimum Gasteiger partial charge on any atom is -0.403 e. The molecule has 3 nitrogen and oxygen atoms in total. The molecule has 4 heteroatoms. The van der Waals surface area contributed by atoms with Crippen molar-refractivity contribution in [3.05, 3.63) is 0 Å². The first-order valence-electron chi connectivity index (χ1n) is 14.3. The van der Waals surface area contributed by atoms with E-state index >= 15 is 0 Å². The van der Waals surface area contributed by atoms with Crippen LogP contribution in [0.25, 0.3) is 0 Å². The van der Waals surface area contributed by atoms with Crippen LogP contribution in [0, 0.1) is 5.92 Å². The molecule has 2 unspecified atom stereocenters. The van der Waals surface area contributed by atoms with Gasteiger partial charge in [-0.25, -0.2) is 0 Å². The minimum absolute atomic E-state index is 0.0188. The van der Waals surface area contributed by atoms with Crippen LogP contribution >= 0.6 is 0 Å². The van der Waals surface area contributed by atoms with Crippen LogP contribution in [0.3, 0.4) is 0 Å². The summed E-state index contributed by atoms with van der Waals surface area (Å²) in [6.07, 6.45) is 24.9. The Bertz CT molecular complexity index is 495. The van der Waals surface area contributed by atoms with Crippen LogP contribution in [-0.2, 0) is 14.0 Å². The van der Waals surface area contributed by atoms with Crippen LogP contribution in [0.2, 0.25) is 5.82 Å². The van der Waals surface area contributed by atoms with Crippen LogP contribution in [0.15, 0.2) is 0 Å². The lowest BCUT2D eigenvalue weighted by atomic mass is 9.66. The standard InChI is InChI=1S/C28H53BO3/c1-27(2)28(3,4)32-29(31-27)25-18-12-10-11-16-24(21-22-25)17-15-23-30-26-19-13-8-6-5-7-9-14-20-26/h24-26H,5-23H2,1-4H3. The highest BCUT2D eigenvalue weighted by Crippen LogP contribution is 2.43. The maximum absolute atomic E-state index is 6.44. The quantitative estimate of drug-likeness (QED) is 0.301. The third-order valence-electron chi connectivity index (χ3n) is 8.95. The van der Waals surface area contributed by atoms with Gasteiger partial charge in [0.25, 0.3) is 0 Å². The predicted octanol–water partition coefficient (Wildman–Crippen LogP) is 8.50. The number of hydrogen-bond donors (Lipinski definition) is 0. The summed E-state index contributed by atoms with van der Waals surface area (Å²) < 4.78 is 19.3. The van der Waals surface area contributed by atoms with E-state index in [9.17, 15) is 0 Å². The first-order chi connectivity index (χ1) is 15.4. The van der Waals surface area contributed by atoms with Gasteiger partial charge in [-0.2, -0.15) is 0 Å². The molecule has 0 aromatic rings. The van der Waals surface area contributed by atoms with Gasteiger partial charge in [0.05, 0.1) is 17.3 Å². The van der Waals surface area contributed by atoms with Gasteiger partial charge < -0.3 is 14.0 Å². The first kappa shape index (κ1) is 26.5. The van der Waals surface area contributed by atoms with Crippen molar-refractivity contribution in [1.82, 2.24) is 0 Å². The maximum Gasteiger partial charge on any atom is 0.461 e. The lowest BCUT2D eigenvalue weighted by Crippen LogP contribution is -2.41. The molecule has 2 aliphatic carbocycles. The van der Waals surface area contributed by atoms with E-state index < -0.39 is 0 Å². The summed E-state index contributed by atoms with van der Waals surface area (Å²) >= 11 is 0. The van der Waals surface area contributed by atoms with Crippen LogP contribution in [0.4, 0.5) is 0 Å². The van der Waals surface area contributed by atoms with Gasteiger partial charge in [0.2, 0.25) is 0 Å². The molecule has 1 heterocycles. The number of rotatable bonds is 6. The largest absolute Gasteiger partial charge is 0.461 e. The molecule has 1 aliphatic heterocycles. The summed E-state index contributed by atoms with van der Waals surface area (Å²) in [6, 6.07) is 0. The Labute approximate surface area is 200 Å². The molecule has 32 heavy (non-hydrogen) atoms. The molecule has 0 spiro atoms. The SMILES string of the molecule is CC1(C)OB(C2CCCCCC(CCCOC3CCCCCCCCC3)CC2)OC1(C)C. The maximum atomic E-state index is 6.44. The van der Waals surface area contributed by atoms with Crippen molar-refractivity contribution in [1.29, 1.82) is 0 Å². The lowest BCUT2D eigenvalue weighted by Gasteiger charge is -2.32. The van der Waals surface area contributed by atoms with Crippen LogP contribution in [-0.4, -0.2) is 31.0 Å². The first-order valence-corrected chi connectivity index (χ1v) is 14.3. The van der Waals surface area contributed by atoms with Gasteiger partial charge in [0.1, 0.15) is 0 Å². The van der Waals surface area contributed by atoms with E-state index in [0.717, 1.165) is 12.5 Å². The molecule has 0 bridgehead atoms. The normalized spacial score (nSPS) is 30.9. The Morgan fingerprint density at radius 2 is 1.19 bits per heavy atom. The van der Waals surface area contributed by atoms with Crippen molar-refractivity contribution in [3.63, 3.8) is 0 Å². The van der Waals surface area contributed by atoms with E-state index in [0.29, 0.717) is 11.9 Å². The molecule has 3 fully saturated rings. The minimum atomic E-state index is -0.206. The van der Waals surface area contributed by atoms with E-state index in [-0.39, 0.29) is 18.3 Å². The Hall–Kier alpha value is -0.0551. The summed E-state index contributed by atoms with van der Waals surface area (Å²) in [4.78, 5) is 0. The van der Waals surface area contributed by atoms with E-state index in [1.165, 1.54) is 116 Å². The second kappa shape index (κ2) is 13.1. The van der Waals surface area contributed by atoms with Crippen molar-refractivity contribution in [2.24, 2.45) is 5.92 Å². The Kier molecular flexibility index (Phi) is 10.9. The highest BCUT2D eigenvalue weighted by molar-refractivity contribution is 6.47. The van der Waals surface area contributed by atoms with Gasteiger partial charge in [-0.05, 0) is 65.1 Å². The van der Waals surface area contributed by atoms with E-state index in [1.807, 2.05) is 0 Å². The molecule has 0 N–H and O–H groups in total. The molecule has 0 amide bonds. The smallest absolute Gasteiger partial charge is 0.403 e. The Morgan fingerprint density at radius 1 is 0.656 bits per heavy atom. The fraction of sp³-hybridized carbons (Fsp3) is 1.00. The summed E-state index contributed by atoms with van der Waals surface area (Å²) in [5.41, 5.74) is -0.413. The van der Waals surface area contributed by atoms with Crippen LogP contribution in [0.5, 0.6) is 0 Å². The number of hydrogen-bond acceptors (Lipinski definition) is 3. The molecular weight excluding hydrogens is 395 g/mol. The van der Waals surface area contributed by atoms with Crippen LogP contribution in [0.1, 0.15) is 143 Å². The topological polar surface area (TPSA) is 27.7 Å². The Balaban J connectivity index is 1.39. The molecule has 3 rings (SSSR count). The summed E-state index contributed by atoms with van der Waals surface area (Å²) in [7, 11) is -0.0188. The second-order valence-corrected chi connectivity index (χ2v) is 12.2. The van der Waals surface area contributed by atoms with Gasteiger partial charge in [0, 0.05) is 6.61 Å². The lowest BCUT2D eigenvalue weighted by molar-refractivity contribution is 0.00578. The van der Waals surface area contributed by atoms with Gasteiger partial charge in [-0.3, -0.25) is 0 Å². The average molecular weight is 449 g/mol. The molecular formula is C28H53BO3. The van der Waals surface area contributed by atoms with Crippen LogP contribution < -0.4 is 0 Å². The van der Waals surface area contributed by atoms with Crippen molar-refractivity contribution < 1.29 is 14.0 Å². The van der Waals surface area contributed by atoms with Gasteiger partial charge >= 0.3 is 7.12 Å². The highest BCUT2D eigenvalue weighted by Gasteiger charge is 2.53. The fourth-order valence-electron chi connectivity index (χ4n) is 5.96. The molecule has 1 saturated heterocycles. The van der Waals surface area contributed by atoms with Gasteiger partial charge in [-0.15, -0.1) is 0 Å². The third-order valence-corrected chi connectivity index (χ3v) is 8.95. The Morgan fingerprint density at radius 3 is 1.84 bits per heavy atom. The number of ether oxygens (including phenoxy) is 1. The third kappa shape index (κ3) is 8.31. The van der Waals surface area contributed by atoms with E-state index in [2.05, 4.69) is 27.7 Å². The van der Waals surface area contributed by atoms with Gasteiger partial charge in [-0.1, -0.05) is 89.9 Å². The summed E-state index contributed by atoms with van der Waals surface area (Å²) in [5.74, 6) is 1.40. The summed E-state index contributed by atoms with van der Waals surface area (Å²) in [5, 5.41) is 0. The molecule has 2 atom stereocenters. The van der Waals surface area contributed by atoms with E-state index in [1.54, 1.807) is 0 Å². The zero-order valence-electron chi connectivity index (χ0n) is 22.0. The van der Waals surface area contributed by atoms with Crippen molar-refractivity contribution in [3.8, 4) is 0 Å². The molecule has 0 radical (unpaired) electrons. The average Bonchev–Trinajstić information content (AvgIpc) is 3.04. The van der Waals surface area contributed by atoms with Crippen molar-refractivity contribution in [2.75, 3.05) is 6.61 Å². The summed E-state index contributed by atoms with van der Waals surface area (Å²) in [6.45, 7) is 9.71.